The Kier molecular flexibility index (Phi) is 6.03. The van der Waals surface area contributed by atoms with E-state index in [9.17, 15) is 19.5 Å². The van der Waals surface area contributed by atoms with Crippen LogP contribution in [0.5, 0.6) is 0 Å². The van der Waals surface area contributed by atoms with Gasteiger partial charge in [-0.15, -0.1) is 11.8 Å². The van der Waals surface area contributed by atoms with E-state index in [4.69, 9.17) is 4.74 Å². The van der Waals surface area contributed by atoms with Crippen LogP contribution in [0.1, 0.15) is 31.2 Å². The molecule has 140 valence electrons. The number of alkyl carbamates (subject to hydrolysis) is 1. The fraction of sp³-hybridized carbons (Fsp3) is 0.500. The first-order chi connectivity index (χ1) is 12.6. The van der Waals surface area contributed by atoms with E-state index in [0.29, 0.717) is 18.6 Å². The average Bonchev–Trinajstić information content (AvgIpc) is 2.80. The van der Waals surface area contributed by atoms with Gasteiger partial charge in [-0.3, -0.25) is 4.79 Å². The highest BCUT2D eigenvalue weighted by atomic mass is 32.2. The number of thioether (sulfide) groups is 1. The number of carbonyl (C=O) groups is 3. The molecule has 2 aliphatic rings. The molecule has 7 nitrogen and oxygen atoms in total. The van der Waals surface area contributed by atoms with Crippen LogP contribution in [0.25, 0.3) is 0 Å². The highest BCUT2D eigenvalue weighted by Gasteiger charge is 2.43. The zero-order valence-electron chi connectivity index (χ0n) is 14.3. The van der Waals surface area contributed by atoms with Crippen molar-refractivity contribution in [2.24, 2.45) is 0 Å². The Morgan fingerprint density at radius 1 is 1.23 bits per heavy atom. The predicted molar refractivity (Wildman–Crippen MR) is 96.5 cm³/mol. The number of carbonyl (C=O) groups excluding carboxylic acids is 2. The summed E-state index contributed by atoms with van der Waals surface area (Å²) >= 11 is 1.58. The first kappa shape index (κ1) is 18.6. The first-order valence-electron chi connectivity index (χ1n) is 8.70. The smallest absolute Gasteiger partial charge is 0.408 e. The number of benzene rings is 1. The summed E-state index contributed by atoms with van der Waals surface area (Å²) < 4.78 is 5.19. The maximum Gasteiger partial charge on any atom is 0.408 e. The van der Waals surface area contributed by atoms with Crippen molar-refractivity contribution in [1.82, 2.24) is 10.2 Å². The molecule has 2 aliphatic heterocycles. The Morgan fingerprint density at radius 3 is 2.73 bits per heavy atom. The van der Waals surface area contributed by atoms with E-state index < -0.39 is 24.1 Å². The topological polar surface area (TPSA) is 95.9 Å². The Bertz CT molecular complexity index is 669. The zero-order chi connectivity index (χ0) is 18.5. The molecular formula is C18H22N2O5S. The van der Waals surface area contributed by atoms with Crippen LogP contribution >= 0.6 is 11.8 Å². The van der Waals surface area contributed by atoms with Crippen molar-refractivity contribution in [1.29, 1.82) is 0 Å². The number of fused-ring (bicyclic) bond motifs is 1. The van der Waals surface area contributed by atoms with Crippen LogP contribution in [0.3, 0.4) is 0 Å². The molecule has 0 aromatic heterocycles. The third-order valence-corrected chi connectivity index (χ3v) is 5.95. The van der Waals surface area contributed by atoms with Gasteiger partial charge in [0, 0.05) is 0 Å². The van der Waals surface area contributed by atoms with Crippen molar-refractivity contribution < 1.29 is 24.2 Å². The van der Waals surface area contributed by atoms with Crippen molar-refractivity contribution in [3.63, 3.8) is 0 Å². The summed E-state index contributed by atoms with van der Waals surface area (Å²) in [6, 6.07) is 7.69. The minimum atomic E-state index is -0.990. The molecule has 2 N–H and O–H groups in total. The van der Waals surface area contributed by atoms with Gasteiger partial charge in [0.2, 0.25) is 5.91 Å². The Labute approximate surface area is 156 Å². The molecule has 0 saturated carbocycles. The molecule has 2 saturated heterocycles. The van der Waals surface area contributed by atoms with Crippen LogP contribution in [0.2, 0.25) is 0 Å². The Morgan fingerprint density at radius 2 is 2.00 bits per heavy atom. The van der Waals surface area contributed by atoms with Crippen LogP contribution in [0.15, 0.2) is 30.3 Å². The molecule has 1 aromatic rings. The molecule has 2 heterocycles. The summed E-state index contributed by atoms with van der Waals surface area (Å²) in [5.74, 6) is -0.636. The minimum absolute atomic E-state index is 0.117. The van der Waals surface area contributed by atoms with E-state index in [2.05, 4.69) is 5.32 Å². The van der Waals surface area contributed by atoms with Gasteiger partial charge in [-0.25, -0.2) is 9.59 Å². The van der Waals surface area contributed by atoms with Crippen LogP contribution < -0.4 is 5.32 Å². The van der Waals surface area contributed by atoms with Crippen LogP contribution in [0, 0.1) is 0 Å². The molecule has 2 fully saturated rings. The molecule has 0 radical (unpaired) electrons. The van der Waals surface area contributed by atoms with E-state index in [0.717, 1.165) is 18.4 Å². The summed E-state index contributed by atoms with van der Waals surface area (Å²) in [6.07, 6.45) is 1.81. The molecule has 1 aromatic carbocycles. The molecule has 3 rings (SSSR count). The highest BCUT2D eigenvalue weighted by Crippen LogP contribution is 2.34. The van der Waals surface area contributed by atoms with Crippen molar-refractivity contribution in [2.75, 3.05) is 5.75 Å². The number of nitrogens with zero attached hydrogens (tertiary/aromatic N) is 1. The molecule has 8 heteroatoms. The normalized spacial score (nSPS) is 25.8. The van der Waals surface area contributed by atoms with E-state index in [1.54, 1.807) is 11.8 Å². The third-order valence-electron chi connectivity index (χ3n) is 4.63. The second-order valence-electron chi connectivity index (χ2n) is 6.40. The number of rotatable bonds is 4. The molecule has 0 aliphatic carbocycles. The fourth-order valence-corrected chi connectivity index (χ4v) is 4.72. The van der Waals surface area contributed by atoms with Gasteiger partial charge in [-0.1, -0.05) is 30.3 Å². The number of ether oxygens (including phenoxy) is 1. The Balaban J connectivity index is 1.62. The van der Waals surface area contributed by atoms with Gasteiger partial charge in [0.1, 0.15) is 18.7 Å². The molecule has 2 amide bonds. The van der Waals surface area contributed by atoms with E-state index in [1.165, 1.54) is 4.90 Å². The van der Waals surface area contributed by atoms with Gasteiger partial charge in [-0.05, 0) is 37.0 Å². The maximum absolute atomic E-state index is 12.9. The van der Waals surface area contributed by atoms with Gasteiger partial charge >= 0.3 is 12.1 Å². The average molecular weight is 378 g/mol. The van der Waals surface area contributed by atoms with Gasteiger partial charge in [-0.2, -0.15) is 0 Å². The lowest BCUT2D eigenvalue weighted by Crippen LogP contribution is -2.57. The number of aliphatic carboxylic acids is 1. The SMILES string of the molecule is O=C(N[C@H]1CCS[C@H]2CCC[C@@H](C(=O)O)N2C1=O)OCc1ccccc1. The van der Waals surface area contributed by atoms with Crippen molar-refractivity contribution in [3.05, 3.63) is 35.9 Å². The second-order valence-corrected chi connectivity index (χ2v) is 7.69. The number of piperidine rings is 1. The summed E-state index contributed by atoms with van der Waals surface area (Å²) in [7, 11) is 0. The minimum Gasteiger partial charge on any atom is -0.480 e. The monoisotopic (exact) mass is 378 g/mol. The second kappa shape index (κ2) is 8.44. The quantitative estimate of drug-likeness (QED) is 0.834. The van der Waals surface area contributed by atoms with E-state index in [1.807, 2.05) is 30.3 Å². The maximum atomic E-state index is 12.9. The number of nitrogens with one attached hydrogen (secondary N) is 1. The Hall–Kier alpha value is -2.22. The van der Waals surface area contributed by atoms with Crippen molar-refractivity contribution >= 4 is 29.7 Å². The highest BCUT2D eigenvalue weighted by molar-refractivity contribution is 7.99. The van der Waals surface area contributed by atoms with Crippen molar-refractivity contribution in [3.8, 4) is 0 Å². The lowest BCUT2D eigenvalue weighted by molar-refractivity contribution is -0.153. The summed E-state index contributed by atoms with van der Waals surface area (Å²) in [4.78, 5) is 38.0. The summed E-state index contributed by atoms with van der Waals surface area (Å²) in [6.45, 7) is 0.117. The third kappa shape index (κ3) is 4.30. The van der Waals surface area contributed by atoms with Gasteiger partial charge < -0.3 is 20.1 Å². The molecular weight excluding hydrogens is 356 g/mol. The number of amides is 2. The number of carboxylic acid groups (broad SMARTS) is 1. The van der Waals surface area contributed by atoms with Crippen LogP contribution in [-0.2, 0) is 20.9 Å². The largest absolute Gasteiger partial charge is 0.480 e. The number of hydrogen-bond acceptors (Lipinski definition) is 5. The van der Waals surface area contributed by atoms with Crippen LogP contribution in [-0.4, -0.2) is 51.2 Å². The summed E-state index contributed by atoms with van der Waals surface area (Å²) in [5.41, 5.74) is 0.854. The van der Waals surface area contributed by atoms with E-state index in [-0.39, 0.29) is 17.9 Å². The lowest BCUT2D eigenvalue weighted by atomic mass is 10.0. The standard InChI is InChI=1S/C18H22N2O5S/c21-16-13(19-18(24)25-11-12-5-2-1-3-6-12)9-10-26-15-8-4-7-14(17(22)23)20(15)16/h1-3,5-6,13-15H,4,7-11H2,(H,19,24)(H,22,23)/t13-,14-,15-/m0/s1. The van der Waals surface area contributed by atoms with Crippen LogP contribution in [0.4, 0.5) is 4.79 Å². The van der Waals surface area contributed by atoms with Gasteiger partial charge in [0.15, 0.2) is 0 Å². The summed E-state index contributed by atoms with van der Waals surface area (Å²) in [5, 5.41) is 11.9. The first-order valence-corrected chi connectivity index (χ1v) is 9.75. The number of carboxylic acids is 1. The predicted octanol–water partition coefficient (Wildman–Crippen LogP) is 2.21. The molecule has 3 atom stereocenters. The molecule has 0 spiro atoms. The molecule has 26 heavy (non-hydrogen) atoms. The van der Waals surface area contributed by atoms with Crippen molar-refractivity contribution in [2.45, 2.75) is 49.7 Å². The van der Waals surface area contributed by atoms with E-state index >= 15 is 0 Å². The zero-order valence-corrected chi connectivity index (χ0v) is 15.1. The number of hydrogen-bond donors (Lipinski definition) is 2. The lowest BCUT2D eigenvalue weighted by Gasteiger charge is -2.39. The molecule has 0 bridgehead atoms. The molecule has 0 unspecified atom stereocenters. The van der Waals surface area contributed by atoms with Gasteiger partial charge in [0.25, 0.3) is 0 Å². The fourth-order valence-electron chi connectivity index (χ4n) is 3.33. The van der Waals surface area contributed by atoms with Gasteiger partial charge in [0.05, 0.1) is 5.37 Å².